The molecule has 0 radical (unpaired) electrons. The van der Waals surface area contributed by atoms with Gasteiger partial charge in [-0.1, -0.05) is 110 Å². The molecule has 4 heteroatoms. The smallest absolute Gasteiger partial charge is 0.164 e. The Morgan fingerprint density at radius 1 is 0.469 bits per heavy atom. The summed E-state index contributed by atoms with van der Waals surface area (Å²) in [5, 5.41) is 0. The van der Waals surface area contributed by atoms with Gasteiger partial charge in [0.15, 0.2) is 17.5 Å². The standard InChI is InChI=1S/C60H51N3O/c1-57(29-38-22-37-23-39(30-57)53(37)38)40-12-8-10-34(24-40)54-61-55(35-11-9-13-41(25-35)58-31-43-27-42-28-44(32-58)59(42,43)33-58)63-56(62-54)36-20-21-52-50(26-36)60(49-18-6-7-19-51(49)64-52)47-16-4-2-14-45(47)46-15-3-5-17-48(46)60/h2-21,24-26,37-39,42-44,53H,22-23,27-33H2,1H3/t37?,38-,39?,42-,43-,44?,53?,57?,58?,59?/m0/s1. The largest absolute Gasteiger partial charge is 0.457 e. The molecule has 1 aliphatic heterocycles. The van der Waals surface area contributed by atoms with Crippen molar-refractivity contribution in [1.82, 2.24) is 15.0 Å². The first-order valence-corrected chi connectivity index (χ1v) is 24.5. The molecule has 8 aliphatic carbocycles. The van der Waals surface area contributed by atoms with E-state index in [-0.39, 0.29) is 5.41 Å². The molecule has 0 amide bonds. The van der Waals surface area contributed by atoms with Gasteiger partial charge in [-0.25, -0.2) is 15.0 Å². The Bertz CT molecular complexity index is 3120. The van der Waals surface area contributed by atoms with Crippen LogP contribution in [0.3, 0.4) is 0 Å². The van der Waals surface area contributed by atoms with E-state index in [1.54, 1.807) is 0 Å². The maximum Gasteiger partial charge on any atom is 0.164 e. The number of hydrogen-bond donors (Lipinski definition) is 0. The number of aromatic nitrogens is 3. The van der Waals surface area contributed by atoms with Crippen LogP contribution in [0.1, 0.15) is 98.1 Å². The Hall–Kier alpha value is -5.87. The van der Waals surface area contributed by atoms with Crippen LogP contribution in [-0.4, -0.2) is 15.0 Å². The van der Waals surface area contributed by atoms with Crippen LogP contribution in [0.15, 0.2) is 140 Å². The molecule has 0 saturated heterocycles. The van der Waals surface area contributed by atoms with Gasteiger partial charge in [-0.3, -0.25) is 0 Å². The number of hydrogen-bond acceptors (Lipinski definition) is 4. The van der Waals surface area contributed by atoms with Gasteiger partial charge >= 0.3 is 0 Å². The van der Waals surface area contributed by atoms with Crippen molar-refractivity contribution in [3.05, 3.63) is 173 Å². The van der Waals surface area contributed by atoms with E-state index in [1.165, 1.54) is 91.2 Å². The molecule has 1 aromatic heterocycles. The predicted molar refractivity (Wildman–Crippen MR) is 251 cm³/mol. The summed E-state index contributed by atoms with van der Waals surface area (Å²) in [5.74, 6) is 10.7. The van der Waals surface area contributed by atoms with Gasteiger partial charge < -0.3 is 4.74 Å². The summed E-state index contributed by atoms with van der Waals surface area (Å²) in [5.41, 5.74) is 14.1. The maximum absolute atomic E-state index is 6.84. The molecule has 10 atom stereocenters. The lowest BCUT2D eigenvalue weighted by Gasteiger charge is -2.66. The summed E-state index contributed by atoms with van der Waals surface area (Å²) in [6.45, 7) is 2.54. The number of benzene rings is 6. The van der Waals surface area contributed by atoms with E-state index in [4.69, 9.17) is 19.7 Å². The fourth-order valence-electron chi connectivity index (χ4n) is 17.4. The van der Waals surface area contributed by atoms with Gasteiger partial charge in [-0.15, -0.1) is 0 Å². The van der Waals surface area contributed by atoms with Gasteiger partial charge in [0.2, 0.25) is 0 Å². The Morgan fingerprint density at radius 2 is 1.03 bits per heavy atom. The fraction of sp³-hybridized carbons (Fsp3) is 0.350. The molecular weight excluding hydrogens is 779 g/mol. The second-order valence-corrected chi connectivity index (χ2v) is 22.5. The number of ether oxygens (including phenoxy) is 1. The lowest BCUT2D eigenvalue weighted by molar-refractivity contribution is -0.175. The number of para-hydroxylation sites is 1. The molecule has 312 valence electrons. The number of fused-ring (bicyclic) bond motifs is 10. The van der Waals surface area contributed by atoms with Crippen molar-refractivity contribution in [2.75, 3.05) is 0 Å². The second-order valence-electron chi connectivity index (χ2n) is 22.5. The van der Waals surface area contributed by atoms with Gasteiger partial charge in [0.1, 0.15) is 11.5 Å². The molecule has 7 unspecified atom stereocenters. The highest BCUT2D eigenvalue weighted by molar-refractivity contribution is 5.89. The Kier molecular flexibility index (Phi) is 6.58. The quantitative estimate of drug-likeness (QED) is 0.173. The third kappa shape index (κ3) is 4.26. The van der Waals surface area contributed by atoms with Gasteiger partial charge in [-0.2, -0.15) is 0 Å². The number of rotatable bonds is 5. The zero-order chi connectivity index (χ0) is 41.7. The summed E-state index contributed by atoms with van der Waals surface area (Å²) in [6, 6.07) is 51.9. The lowest BCUT2D eigenvalue weighted by Crippen LogP contribution is -2.59. The van der Waals surface area contributed by atoms with Crippen LogP contribution in [0.4, 0.5) is 0 Å². The maximum atomic E-state index is 6.84. The van der Waals surface area contributed by atoms with Crippen LogP contribution in [0.25, 0.3) is 45.3 Å². The van der Waals surface area contributed by atoms with E-state index < -0.39 is 5.41 Å². The highest BCUT2D eigenvalue weighted by Gasteiger charge is 2.77. The van der Waals surface area contributed by atoms with Gasteiger partial charge in [0.05, 0.1) is 5.41 Å². The molecule has 2 spiro atoms. The summed E-state index contributed by atoms with van der Waals surface area (Å²) in [6.07, 6.45) is 12.5. The molecule has 2 bridgehead atoms. The first kappa shape index (κ1) is 35.5. The predicted octanol–water partition coefficient (Wildman–Crippen LogP) is 13.7. The third-order valence-electron chi connectivity index (χ3n) is 19.9. The molecule has 64 heavy (non-hydrogen) atoms. The normalized spacial score (nSPS) is 33.7. The molecule has 7 aromatic rings. The van der Waals surface area contributed by atoms with Crippen molar-refractivity contribution in [2.45, 2.75) is 81.0 Å². The molecule has 6 aromatic carbocycles. The van der Waals surface area contributed by atoms with Crippen molar-refractivity contribution in [2.24, 2.45) is 46.8 Å². The summed E-state index contributed by atoms with van der Waals surface area (Å²) < 4.78 is 6.84. The van der Waals surface area contributed by atoms with Gasteiger partial charge in [0, 0.05) is 27.8 Å². The molecule has 2 heterocycles. The van der Waals surface area contributed by atoms with Crippen LogP contribution in [0, 0.1) is 46.8 Å². The summed E-state index contributed by atoms with van der Waals surface area (Å²) >= 11 is 0. The zero-order valence-corrected chi connectivity index (χ0v) is 36.4. The van der Waals surface area contributed by atoms with Crippen molar-refractivity contribution >= 4 is 0 Å². The Labute approximate surface area is 375 Å². The van der Waals surface area contributed by atoms with Gasteiger partial charge in [0.25, 0.3) is 0 Å². The lowest BCUT2D eigenvalue weighted by atomic mass is 9.38. The van der Waals surface area contributed by atoms with E-state index in [1.807, 2.05) is 0 Å². The minimum atomic E-state index is -0.566. The van der Waals surface area contributed by atoms with Crippen molar-refractivity contribution in [3.63, 3.8) is 0 Å². The van der Waals surface area contributed by atoms with E-state index in [0.717, 1.165) is 92.4 Å². The first-order chi connectivity index (χ1) is 31.4. The highest BCUT2D eigenvalue weighted by atomic mass is 16.5. The SMILES string of the molecule is CC1(c2cccc(-c3nc(-c4cccc(C56CC7C[C@@H]8C[C@@H](C5)C78C6)c4)nc(-c4ccc5c(c4)C4(c6ccccc6O5)c5ccccc5-c5ccccc54)n3)c2)CC2CC3C[C@@H](C1)C32. The molecule has 0 N–H and O–H groups in total. The van der Waals surface area contributed by atoms with Crippen molar-refractivity contribution in [3.8, 4) is 56.8 Å². The van der Waals surface area contributed by atoms with Crippen LogP contribution < -0.4 is 4.74 Å². The average molecular weight is 830 g/mol. The topological polar surface area (TPSA) is 47.9 Å². The van der Waals surface area contributed by atoms with Crippen molar-refractivity contribution in [1.29, 1.82) is 0 Å². The zero-order valence-electron chi connectivity index (χ0n) is 36.4. The van der Waals surface area contributed by atoms with E-state index >= 15 is 0 Å². The molecule has 4 nitrogen and oxygen atoms in total. The summed E-state index contributed by atoms with van der Waals surface area (Å²) in [4.78, 5) is 16.4. The van der Waals surface area contributed by atoms with Crippen LogP contribution in [0.5, 0.6) is 11.5 Å². The average Bonchev–Trinajstić information content (AvgIpc) is 3.92. The molecule has 9 aliphatic rings. The first-order valence-electron chi connectivity index (χ1n) is 24.5. The Balaban J connectivity index is 0.874. The van der Waals surface area contributed by atoms with Crippen LogP contribution in [-0.2, 0) is 16.2 Å². The van der Waals surface area contributed by atoms with Crippen molar-refractivity contribution < 1.29 is 4.74 Å². The van der Waals surface area contributed by atoms with E-state index in [2.05, 4.69) is 146 Å². The Morgan fingerprint density at radius 3 is 1.66 bits per heavy atom. The monoisotopic (exact) mass is 829 g/mol. The highest BCUT2D eigenvalue weighted by Crippen LogP contribution is 2.84. The fourth-order valence-corrected chi connectivity index (χ4v) is 17.4. The van der Waals surface area contributed by atoms with E-state index in [0.29, 0.717) is 16.7 Å². The van der Waals surface area contributed by atoms with E-state index in [9.17, 15) is 0 Å². The molecular formula is C60H51N3O. The molecule has 16 rings (SSSR count). The van der Waals surface area contributed by atoms with Crippen LogP contribution in [0.2, 0.25) is 0 Å². The minimum Gasteiger partial charge on any atom is -0.457 e. The van der Waals surface area contributed by atoms with Gasteiger partial charge in [-0.05, 0) is 185 Å². The minimum absolute atomic E-state index is 0.177. The molecule has 7 saturated carbocycles. The van der Waals surface area contributed by atoms with Crippen LogP contribution >= 0.6 is 0 Å². The third-order valence-corrected chi connectivity index (χ3v) is 19.9. The number of nitrogens with zero attached hydrogens (tertiary/aromatic N) is 3. The summed E-state index contributed by atoms with van der Waals surface area (Å²) in [7, 11) is 0. The second kappa shape index (κ2) is 11.9. The molecule has 7 fully saturated rings.